The molecule has 0 aliphatic carbocycles. The number of methoxy groups -OCH3 is 1. The van der Waals surface area contributed by atoms with Crippen LogP contribution in [-0.2, 0) is 39.7 Å². The van der Waals surface area contributed by atoms with Crippen molar-refractivity contribution in [3.63, 3.8) is 0 Å². The summed E-state index contributed by atoms with van der Waals surface area (Å²) < 4.78 is 31.4. The maximum Gasteiger partial charge on any atom is 0.410 e. The first kappa shape index (κ1) is 42.5. The van der Waals surface area contributed by atoms with E-state index in [4.69, 9.17) is 46.9 Å². The van der Waals surface area contributed by atoms with Gasteiger partial charge in [-0.2, -0.15) is 0 Å². The van der Waals surface area contributed by atoms with Gasteiger partial charge in [-0.25, -0.2) is 9.59 Å². The molecule has 2 fully saturated rings. The summed E-state index contributed by atoms with van der Waals surface area (Å²) in [4.78, 5) is 45.7. The molecule has 292 valence electrons. The van der Waals surface area contributed by atoms with Crippen molar-refractivity contribution in [2.45, 2.75) is 135 Å². The highest BCUT2D eigenvalue weighted by Gasteiger charge is 2.60. The fourth-order valence-corrected chi connectivity index (χ4v) is 8.88. The lowest BCUT2D eigenvalue weighted by Gasteiger charge is -2.47. The van der Waals surface area contributed by atoms with Crippen LogP contribution in [0.4, 0.5) is 4.79 Å². The molecule has 2 saturated heterocycles. The van der Waals surface area contributed by atoms with Gasteiger partial charge in [0.25, 0.3) is 0 Å². The van der Waals surface area contributed by atoms with Crippen molar-refractivity contribution < 1.29 is 43.2 Å². The maximum absolute atomic E-state index is 14.6. The minimum absolute atomic E-state index is 0.107. The number of carbonyl (C=O) groups is 3. The van der Waals surface area contributed by atoms with Gasteiger partial charge >= 0.3 is 12.1 Å². The molecule has 0 saturated carbocycles. The molecule has 1 amide bonds. The average Bonchev–Trinajstić information content (AvgIpc) is 3.35. The third kappa shape index (κ3) is 8.82. The van der Waals surface area contributed by atoms with Gasteiger partial charge in [-0.1, -0.05) is 63.0 Å². The summed E-state index contributed by atoms with van der Waals surface area (Å²) in [5.74, 6) is -2.42. The van der Waals surface area contributed by atoms with Gasteiger partial charge in [0.05, 0.1) is 33.9 Å². The fraction of sp³-hybridized carbons (Fsp3) is 0.718. The number of hydrogen-bond donors (Lipinski definition) is 1. The van der Waals surface area contributed by atoms with Gasteiger partial charge < -0.3 is 33.7 Å². The predicted octanol–water partition coefficient (Wildman–Crippen LogP) is 6.48. The third-order valence-electron chi connectivity index (χ3n) is 11.4. The number of hydrogen-bond acceptors (Lipinski definition) is 10. The SMILES string of the molecule is CC[C@H]1OC(=O)/C(C)=C/[C@H](C)[C@@H](O[C@@H]2O[C@H](C)C[C@H](N(C)C)[C@H]2O)[C@@](C)(OC)C[C@@H](C)C(=O)[C@H](C)[C@H]2N(CCc3ccc(Cl)c(Cl)c3)C(=O)O[C@]12C. The lowest BCUT2D eigenvalue weighted by molar-refractivity contribution is -0.294. The molecule has 13 heteroatoms. The van der Waals surface area contributed by atoms with E-state index in [9.17, 15) is 19.5 Å². The quantitative estimate of drug-likeness (QED) is 0.294. The van der Waals surface area contributed by atoms with Crippen molar-refractivity contribution in [1.82, 2.24) is 9.80 Å². The zero-order chi connectivity index (χ0) is 38.9. The van der Waals surface area contributed by atoms with Crippen LogP contribution in [0.1, 0.15) is 80.2 Å². The van der Waals surface area contributed by atoms with Crippen molar-refractivity contribution in [2.24, 2.45) is 17.8 Å². The van der Waals surface area contributed by atoms with Crippen LogP contribution in [0.15, 0.2) is 29.8 Å². The normalized spacial score (nSPS) is 39.0. The average molecular weight is 770 g/mol. The Balaban J connectivity index is 1.76. The number of aliphatic hydroxyl groups excluding tert-OH is 1. The highest BCUT2D eigenvalue weighted by atomic mass is 35.5. The van der Waals surface area contributed by atoms with Gasteiger partial charge in [-0.15, -0.1) is 0 Å². The second-order valence-electron chi connectivity index (χ2n) is 15.6. The molecular formula is C39H58Cl2N2O9. The van der Waals surface area contributed by atoms with E-state index >= 15 is 0 Å². The number of rotatable bonds is 8. The molecule has 0 unspecified atom stereocenters. The van der Waals surface area contributed by atoms with Crippen LogP contribution in [0.25, 0.3) is 0 Å². The first-order chi connectivity index (χ1) is 24.3. The summed E-state index contributed by atoms with van der Waals surface area (Å²) in [5.41, 5.74) is -1.23. The number of ketones is 1. The van der Waals surface area contributed by atoms with Gasteiger partial charge in [-0.3, -0.25) is 9.69 Å². The molecule has 1 N–H and O–H groups in total. The third-order valence-corrected chi connectivity index (χ3v) is 12.1. The van der Waals surface area contributed by atoms with E-state index in [0.717, 1.165) is 5.56 Å². The largest absolute Gasteiger partial charge is 0.455 e. The molecule has 0 radical (unpaired) electrons. The number of ether oxygens (including phenoxy) is 5. The number of fused-ring (bicyclic) bond motifs is 1. The Morgan fingerprint density at radius 3 is 2.35 bits per heavy atom. The van der Waals surface area contributed by atoms with E-state index < -0.39 is 71.7 Å². The first-order valence-electron chi connectivity index (χ1n) is 18.3. The van der Waals surface area contributed by atoms with E-state index in [1.807, 2.05) is 59.7 Å². The van der Waals surface area contributed by atoms with Crippen LogP contribution < -0.4 is 0 Å². The molecule has 3 aliphatic heterocycles. The van der Waals surface area contributed by atoms with E-state index in [1.165, 1.54) is 0 Å². The summed E-state index contributed by atoms with van der Waals surface area (Å²) >= 11 is 12.4. The summed E-state index contributed by atoms with van der Waals surface area (Å²) in [6.45, 7) is 14.9. The number of amides is 1. The van der Waals surface area contributed by atoms with E-state index in [1.54, 1.807) is 51.0 Å². The lowest BCUT2D eigenvalue weighted by Crippen LogP contribution is -2.59. The van der Waals surface area contributed by atoms with Gasteiger partial charge in [-0.05, 0) is 85.2 Å². The molecule has 52 heavy (non-hydrogen) atoms. The smallest absolute Gasteiger partial charge is 0.410 e. The lowest BCUT2D eigenvalue weighted by atomic mass is 9.74. The van der Waals surface area contributed by atoms with Crippen LogP contribution in [0.2, 0.25) is 10.0 Å². The Kier molecular flexibility index (Phi) is 13.9. The second kappa shape index (κ2) is 17.0. The van der Waals surface area contributed by atoms with Gasteiger partial charge in [0.2, 0.25) is 0 Å². The van der Waals surface area contributed by atoms with Crippen LogP contribution in [-0.4, -0.2) is 114 Å². The van der Waals surface area contributed by atoms with Crippen molar-refractivity contribution >= 4 is 41.0 Å². The number of cyclic esters (lactones) is 1. The first-order valence-corrected chi connectivity index (χ1v) is 19.1. The van der Waals surface area contributed by atoms with Gasteiger partial charge in [0, 0.05) is 43.0 Å². The van der Waals surface area contributed by atoms with Crippen molar-refractivity contribution in [2.75, 3.05) is 27.7 Å². The zero-order valence-corrected chi connectivity index (χ0v) is 34.0. The summed E-state index contributed by atoms with van der Waals surface area (Å²) in [7, 11) is 5.38. The number of benzene rings is 1. The number of nitrogens with zero attached hydrogens (tertiary/aromatic N) is 2. The zero-order valence-electron chi connectivity index (χ0n) is 32.5. The molecule has 0 bridgehead atoms. The van der Waals surface area contributed by atoms with Crippen LogP contribution in [0.3, 0.4) is 0 Å². The Bertz CT molecular complexity index is 1490. The minimum Gasteiger partial charge on any atom is -0.455 e. The Hall–Kier alpha value is -2.25. The van der Waals surface area contributed by atoms with E-state index in [-0.39, 0.29) is 30.9 Å². The predicted molar refractivity (Wildman–Crippen MR) is 199 cm³/mol. The maximum atomic E-state index is 14.6. The monoisotopic (exact) mass is 768 g/mol. The summed E-state index contributed by atoms with van der Waals surface area (Å²) in [6.07, 6.45) is -0.945. The molecule has 1 aromatic carbocycles. The molecule has 12 atom stereocenters. The number of likely N-dealkylation sites (N-methyl/N-ethyl adjacent to an activating group) is 1. The van der Waals surface area contributed by atoms with Crippen LogP contribution in [0, 0.1) is 17.8 Å². The Morgan fingerprint density at radius 2 is 1.75 bits per heavy atom. The van der Waals surface area contributed by atoms with Crippen LogP contribution in [0.5, 0.6) is 0 Å². The minimum atomic E-state index is -1.34. The molecule has 0 aromatic heterocycles. The van der Waals surface area contributed by atoms with Gasteiger partial charge in [0.15, 0.2) is 11.9 Å². The second-order valence-corrected chi connectivity index (χ2v) is 16.5. The van der Waals surface area contributed by atoms with Crippen molar-refractivity contribution in [1.29, 1.82) is 0 Å². The van der Waals surface area contributed by atoms with Crippen LogP contribution >= 0.6 is 23.2 Å². The molecule has 0 spiro atoms. The highest BCUT2D eigenvalue weighted by Crippen LogP contribution is 2.43. The highest BCUT2D eigenvalue weighted by molar-refractivity contribution is 6.42. The molecule has 1 aromatic rings. The number of carbonyl (C=O) groups excluding carboxylic acids is 3. The molecule has 4 rings (SSSR count). The number of Topliss-reactive ketones (excluding diaryl/α,β-unsaturated/α-hetero) is 1. The van der Waals surface area contributed by atoms with Crippen molar-refractivity contribution in [3.8, 4) is 0 Å². The molecular weight excluding hydrogens is 711 g/mol. The Morgan fingerprint density at radius 1 is 1.08 bits per heavy atom. The van der Waals surface area contributed by atoms with E-state index in [2.05, 4.69) is 0 Å². The van der Waals surface area contributed by atoms with Gasteiger partial charge in [0.1, 0.15) is 18.0 Å². The molecule has 3 heterocycles. The molecule has 11 nitrogen and oxygen atoms in total. The number of halogens is 2. The van der Waals surface area contributed by atoms with E-state index in [0.29, 0.717) is 34.9 Å². The summed E-state index contributed by atoms with van der Waals surface area (Å²) in [5, 5.41) is 12.2. The number of aliphatic hydroxyl groups is 1. The summed E-state index contributed by atoms with van der Waals surface area (Å²) in [6, 6.07) is 4.33. The number of esters is 1. The Labute approximate surface area is 319 Å². The fourth-order valence-electron chi connectivity index (χ4n) is 8.56. The molecule has 3 aliphatic rings. The van der Waals surface area contributed by atoms with Crippen molar-refractivity contribution in [3.05, 3.63) is 45.5 Å². The standard InChI is InChI=1S/C39H58Cl2N2O9/c1-12-30-39(8)33(43(37(47)52-39)16-15-26-13-14-27(40)28(41)19-26)25(6)31(44)23(4)20-38(7,48-11)34(21(2)17-22(3)35(46)50-30)51-36-32(45)29(42(9)10)18-24(5)49-36/h13-14,17,19,21,23-25,29-30,32-34,36,45H,12,15-16,18,20H2,1-11H3/b22-17+/t21-,23+,24+,25-,29-,30+,32+,33+,34+,36-,38-,39+/m0/s1. The topological polar surface area (TPSA) is 124 Å².